The van der Waals surface area contributed by atoms with Gasteiger partial charge in [-0.05, 0) is 50.6 Å². The van der Waals surface area contributed by atoms with E-state index in [0.29, 0.717) is 0 Å². The van der Waals surface area contributed by atoms with Crippen LogP contribution in [0, 0.1) is 0 Å². The zero-order chi connectivity index (χ0) is 9.80. The van der Waals surface area contributed by atoms with E-state index >= 15 is 0 Å². The standard InChI is InChI=1S/C11H14ClNS/c12-11-4-3-10(14-11)8-9-2-1-6-13-7-5-9/h3-4,8,13H,1-2,5-7H2/b9-8-. The van der Waals surface area contributed by atoms with Crippen LogP contribution in [0.1, 0.15) is 24.1 Å². The van der Waals surface area contributed by atoms with Crippen molar-refractivity contribution in [1.29, 1.82) is 0 Å². The first-order chi connectivity index (χ1) is 6.84. The molecule has 0 aromatic carbocycles. The van der Waals surface area contributed by atoms with Crippen LogP contribution in [0.3, 0.4) is 0 Å². The molecule has 0 aliphatic carbocycles. The van der Waals surface area contributed by atoms with Crippen molar-refractivity contribution in [3.8, 4) is 0 Å². The minimum Gasteiger partial charge on any atom is -0.316 e. The lowest BCUT2D eigenvalue weighted by Gasteiger charge is -1.99. The molecule has 3 heteroatoms. The summed E-state index contributed by atoms with van der Waals surface area (Å²) in [6, 6.07) is 4.06. The van der Waals surface area contributed by atoms with Gasteiger partial charge in [0.1, 0.15) is 0 Å². The maximum absolute atomic E-state index is 5.89. The molecule has 76 valence electrons. The van der Waals surface area contributed by atoms with Crippen molar-refractivity contribution in [3.05, 3.63) is 26.9 Å². The van der Waals surface area contributed by atoms with Crippen molar-refractivity contribution in [3.63, 3.8) is 0 Å². The van der Waals surface area contributed by atoms with Crippen LogP contribution in [-0.4, -0.2) is 13.1 Å². The molecule has 0 atom stereocenters. The highest BCUT2D eigenvalue weighted by Gasteiger charge is 2.04. The molecule has 0 unspecified atom stereocenters. The van der Waals surface area contributed by atoms with E-state index in [0.717, 1.165) is 17.4 Å². The topological polar surface area (TPSA) is 12.0 Å². The second-order valence-electron chi connectivity index (χ2n) is 3.55. The molecule has 0 bridgehead atoms. The fourth-order valence-electron chi connectivity index (χ4n) is 1.69. The van der Waals surface area contributed by atoms with E-state index in [4.69, 9.17) is 11.6 Å². The number of thiophene rings is 1. The lowest BCUT2D eigenvalue weighted by molar-refractivity contribution is 0.703. The van der Waals surface area contributed by atoms with Crippen molar-refractivity contribution in [2.75, 3.05) is 13.1 Å². The monoisotopic (exact) mass is 227 g/mol. The third-order valence-corrected chi connectivity index (χ3v) is 3.59. The fourth-order valence-corrected chi connectivity index (χ4v) is 2.74. The normalized spacial score (nSPS) is 21.1. The second-order valence-corrected chi connectivity index (χ2v) is 5.29. The number of hydrogen-bond donors (Lipinski definition) is 1. The molecule has 2 rings (SSSR count). The number of hydrogen-bond acceptors (Lipinski definition) is 2. The zero-order valence-electron chi connectivity index (χ0n) is 8.05. The van der Waals surface area contributed by atoms with Crippen molar-refractivity contribution in [2.45, 2.75) is 19.3 Å². The van der Waals surface area contributed by atoms with Crippen LogP contribution >= 0.6 is 22.9 Å². The van der Waals surface area contributed by atoms with Gasteiger partial charge in [-0.25, -0.2) is 0 Å². The van der Waals surface area contributed by atoms with Gasteiger partial charge in [0.25, 0.3) is 0 Å². The predicted octanol–water partition coefficient (Wildman–Crippen LogP) is 3.56. The molecule has 1 aromatic rings. The van der Waals surface area contributed by atoms with E-state index in [1.165, 1.54) is 24.1 Å². The highest BCUT2D eigenvalue weighted by Crippen LogP contribution is 2.25. The molecule has 1 nitrogen and oxygen atoms in total. The van der Waals surface area contributed by atoms with Crippen molar-refractivity contribution < 1.29 is 0 Å². The van der Waals surface area contributed by atoms with Gasteiger partial charge in [0, 0.05) is 4.88 Å². The van der Waals surface area contributed by atoms with Gasteiger partial charge in [-0.2, -0.15) is 0 Å². The van der Waals surface area contributed by atoms with Crippen LogP contribution in [0.5, 0.6) is 0 Å². The Morgan fingerprint density at radius 3 is 3.00 bits per heavy atom. The molecule has 1 saturated heterocycles. The minimum atomic E-state index is 0.878. The van der Waals surface area contributed by atoms with Crippen molar-refractivity contribution in [1.82, 2.24) is 5.32 Å². The SMILES string of the molecule is Clc1ccc(/C=C2/CCCNCC2)s1. The maximum atomic E-state index is 5.89. The van der Waals surface area contributed by atoms with Crippen LogP contribution in [0.2, 0.25) is 4.34 Å². The van der Waals surface area contributed by atoms with Crippen molar-refractivity contribution >= 4 is 29.0 Å². The van der Waals surface area contributed by atoms with Gasteiger partial charge in [0.15, 0.2) is 0 Å². The summed E-state index contributed by atoms with van der Waals surface area (Å²) in [5.74, 6) is 0. The molecule has 0 saturated carbocycles. The number of halogens is 1. The van der Waals surface area contributed by atoms with Gasteiger partial charge in [-0.3, -0.25) is 0 Å². The Balaban J connectivity index is 2.08. The lowest BCUT2D eigenvalue weighted by atomic mass is 10.1. The quantitative estimate of drug-likeness (QED) is 0.774. The molecule has 0 radical (unpaired) electrons. The zero-order valence-corrected chi connectivity index (χ0v) is 9.63. The third-order valence-electron chi connectivity index (χ3n) is 2.41. The Morgan fingerprint density at radius 2 is 2.21 bits per heavy atom. The van der Waals surface area contributed by atoms with Crippen LogP contribution in [-0.2, 0) is 0 Å². The highest BCUT2D eigenvalue weighted by atomic mass is 35.5. The van der Waals surface area contributed by atoms with Gasteiger partial charge in [0.2, 0.25) is 0 Å². The molecule has 2 heterocycles. The van der Waals surface area contributed by atoms with E-state index in [1.807, 2.05) is 6.07 Å². The molecular formula is C11H14ClNS. The van der Waals surface area contributed by atoms with Crippen LogP contribution in [0.15, 0.2) is 17.7 Å². The molecular weight excluding hydrogens is 214 g/mol. The lowest BCUT2D eigenvalue weighted by Crippen LogP contribution is -2.13. The van der Waals surface area contributed by atoms with Crippen LogP contribution < -0.4 is 5.32 Å². The Kier molecular flexibility index (Phi) is 3.62. The highest BCUT2D eigenvalue weighted by molar-refractivity contribution is 7.17. The summed E-state index contributed by atoms with van der Waals surface area (Å²) in [7, 11) is 0. The molecule has 1 aliphatic rings. The molecule has 0 amide bonds. The fraction of sp³-hybridized carbons (Fsp3) is 0.455. The molecule has 1 N–H and O–H groups in total. The van der Waals surface area contributed by atoms with E-state index in [-0.39, 0.29) is 0 Å². The average Bonchev–Trinajstić information content (AvgIpc) is 2.43. The summed E-state index contributed by atoms with van der Waals surface area (Å²) in [6.07, 6.45) is 5.95. The molecule has 1 aliphatic heterocycles. The Morgan fingerprint density at radius 1 is 1.29 bits per heavy atom. The summed E-state index contributed by atoms with van der Waals surface area (Å²) >= 11 is 7.54. The Bertz CT molecular complexity index is 320. The molecule has 0 spiro atoms. The smallest absolute Gasteiger partial charge is 0.0934 e. The molecule has 1 aromatic heterocycles. The second kappa shape index (κ2) is 4.96. The van der Waals surface area contributed by atoms with Gasteiger partial charge >= 0.3 is 0 Å². The van der Waals surface area contributed by atoms with Gasteiger partial charge in [-0.15, -0.1) is 11.3 Å². The summed E-state index contributed by atoms with van der Waals surface area (Å²) in [5, 5.41) is 3.40. The van der Waals surface area contributed by atoms with E-state index < -0.39 is 0 Å². The van der Waals surface area contributed by atoms with E-state index in [9.17, 15) is 0 Å². The predicted molar refractivity (Wildman–Crippen MR) is 64.0 cm³/mol. The Hall–Kier alpha value is -0.310. The van der Waals surface area contributed by atoms with E-state index in [2.05, 4.69) is 17.5 Å². The van der Waals surface area contributed by atoms with Crippen LogP contribution in [0.25, 0.3) is 6.08 Å². The van der Waals surface area contributed by atoms with Gasteiger partial charge < -0.3 is 5.32 Å². The number of nitrogens with one attached hydrogen (secondary N) is 1. The van der Waals surface area contributed by atoms with Gasteiger partial charge in [0.05, 0.1) is 4.34 Å². The summed E-state index contributed by atoms with van der Waals surface area (Å²) < 4.78 is 0.878. The first-order valence-electron chi connectivity index (χ1n) is 5.00. The molecule has 1 fully saturated rings. The third kappa shape index (κ3) is 2.84. The van der Waals surface area contributed by atoms with Crippen molar-refractivity contribution in [2.24, 2.45) is 0 Å². The maximum Gasteiger partial charge on any atom is 0.0934 e. The van der Waals surface area contributed by atoms with Crippen LogP contribution in [0.4, 0.5) is 0 Å². The average molecular weight is 228 g/mol. The first-order valence-corrected chi connectivity index (χ1v) is 6.19. The largest absolute Gasteiger partial charge is 0.316 e. The summed E-state index contributed by atoms with van der Waals surface area (Å²) in [5.41, 5.74) is 1.55. The summed E-state index contributed by atoms with van der Waals surface area (Å²) in [6.45, 7) is 2.27. The van der Waals surface area contributed by atoms with Gasteiger partial charge in [-0.1, -0.05) is 17.2 Å². The minimum absolute atomic E-state index is 0.878. The molecule has 14 heavy (non-hydrogen) atoms. The summed E-state index contributed by atoms with van der Waals surface area (Å²) in [4.78, 5) is 1.28. The van der Waals surface area contributed by atoms with E-state index in [1.54, 1.807) is 16.9 Å². The first kappa shape index (κ1) is 10.2. The Labute approximate surface area is 93.8 Å². The number of rotatable bonds is 1.